The van der Waals surface area contributed by atoms with Crippen molar-refractivity contribution in [3.8, 4) is 0 Å². The Morgan fingerprint density at radius 2 is 2.40 bits per heavy atom. The van der Waals surface area contributed by atoms with Gasteiger partial charge in [-0.25, -0.2) is 4.39 Å². The molecule has 0 saturated carbocycles. The second-order valence-electron chi connectivity index (χ2n) is 4.90. The number of nitrogens with zero attached hydrogens (tertiary/aromatic N) is 1. The number of amides is 1. The Morgan fingerprint density at radius 3 is 3.10 bits per heavy atom. The number of carbonyl (C=O) groups is 1. The zero-order chi connectivity index (χ0) is 14.5. The van der Waals surface area contributed by atoms with Gasteiger partial charge in [0.2, 0.25) is 0 Å². The minimum absolute atomic E-state index is 0.0392. The fourth-order valence-corrected chi connectivity index (χ4v) is 2.53. The van der Waals surface area contributed by atoms with E-state index in [1.807, 2.05) is 13.0 Å². The summed E-state index contributed by atoms with van der Waals surface area (Å²) in [6.45, 7) is 6.12. The average molecular weight is 280 g/mol. The number of carbonyl (C=O) groups excluding carboxylic acids is 1. The van der Waals surface area contributed by atoms with Crippen LogP contribution in [0.3, 0.4) is 0 Å². The lowest BCUT2D eigenvalue weighted by atomic mass is 10.0. The zero-order valence-corrected chi connectivity index (χ0v) is 11.9. The molecule has 1 aliphatic rings. The van der Waals surface area contributed by atoms with Crippen LogP contribution in [0.25, 0.3) is 0 Å². The van der Waals surface area contributed by atoms with Gasteiger partial charge >= 0.3 is 0 Å². The van der Waals surface area contributed by atoms with E-state index in [0.29, 0.717) is 19.7 Å². The molecule has 1 fully saturated rings. The highest BCUT2D eigenvalue weighted by atomic mass is 19.1. The molecule has 0 spiro atoms. The fraction of sp³-hybridized carbons (Fsp3) is 0.533. The number of nitrogens with one attached hydrogen (secondary N) is 1. The largest absolute Gasteiger partial charge is 0.369 e. The highest BCUT2D eigenvalue weighted by Gasteiger charge is 2.30. The van der Waals surface area contributed by atoms with Gasteiger partial charge in [0.15, 0.2) is 0 Å². The standard InChI is InChI=1S/C15H21FN2O2/c1-3-20-11(2)15(19)18-8-7-17-10-14(18)12-5-4-6-13(16)9-12/h4-6,9,11,14,17H,3,7-8,10H2,1-2H3. The van der Waals surface area contributed by atoms with E-state index in [1.165, 1.54) is 12.1 Å². The number of hydrogen-bond acceptors (Lipinski definition) is 3. The van der Waals surface area contributed by atoms with Gasteiger partial charge in [-0.15, -0.1) is 0 Å². The Balaban J connectivity index is 2.19. The molecule has 1 amide bonds. The van der Waals surface area contributed by atoms with Crippen LogP contribution in [0.15, 0.2) is 24.3 Å². The minimum Gasteiger partial charge on any atom is -0.369 e. The normalized spacial score (nSPS) is 20.8. The average Bonchev–Trinajstić information content (AvgIpc) is 2.47. The molecule has 0 aromatic heterocycles. The fourth-order valence-electron chi connectivity index (χ4n) is 2.53. The first-order chi connectivity index (χ1) is 9.63. The third kappa shape index (κ3) is 3.35. The van der Waals surface area contributed by atoms with Crippen molar-refractivity contribution < 1.29 is 13.9 Å². The molecule has 0 radical (unpaired) electrons. The Labute approximate surface area is 118 Å². The predicted octanol–water partition coefficient (Wildman–Crippen LogP) is 1.72. The number of ether oxygens (including phenoxy) is 1. The number of piperazine rings is 1. The number of rotatable bonds is 4. The van der Waals surface area contributed by atoms with Crippen molar-refractivity contribution in [2.45, 2.75) is 26.0 Å². The van der Waals surface area contributed by atoms with Crippen molar-refractivity contribution in [1.82, 2.24) is 10.2 Å². The molecule has 0 aliphatic carbocycles. The van der Waals surface area contributed by atoms with Crippen LogP contribution in [0.4, 0.5) is 4.39 Å². The van der Waals surface area contributed by atoms with Crippen molar-refractivity contribution in [1.29, 1.82) is 0 Å². The van der Waals surface area contributed by atoms with Gasteiger partial charge in [0, 0.05) is 26.2 Å². The molecule has 1 aromatic carbocycles. The molecule has 2 atom stereocenters. The highest BCUT2D eigenvalue weighted by molar-refractivity contribution is 5.81. The summed E-state index contributed by atoms with van der Waals surface area (Å²) in [7, 11) is 0. The molecule has 20 heavy (non-hydrogen) atoms. The SMILES string of the molecule is CCOC(C)C(=O)N1CCNCC1c1cccc(F)c1. The quantitative estimate of drug-likeness (QED) is 0.913. The summed E-state index contributed by atoms with van der Waals surface area (Å²) in [5, 5.41) is 3.25. The molecular weight excluding hydrogens is 259 g/mol. The first-order valence-electron chi connectivity index (χ1n) is 7.01. The van der Waals surface area contributed by atoms with Crippen molar-refractivity contribution in [3.05, 3.63) is 35.6 Å². The van der Waals surface area contributed by atoms with Gasteiger partial charge in [0.1, 0.15) is 11.9 Å². The highest BCUT2D eigenvalue weighted by Crippen LogP contribution is 2.24. The second kappa shape index (κ2) is 6.81. The van der Waals surface area contributed by atoms with E-state index in [9.17, 15) is 9.18 Å². The Bertz CT molecular complexity index is 467. The van der Waals surface area contributed by atoms with Gasteiger partial charge in [-0.3, -0.25) is 4.79 Å². The first kappa shape index (κ1) is 14.9. The number of benzene rings is 1. The maximum Gasteiger partial charge on any atom is 0.252 e. The summed E-state index contributed by atoms with van der Waals surface area (Å²) in [5.41, 5.74) is 0.814. The minimum atomic E-state index is -0.464. The van der Waals surface area contributed by atoms with Crippen molar-refractivity contribution >= 4 is 5.91 Å². The van der Waals surface area contributed by atoms with Gasteiger partial charge in [0.05, 0.1) is 6.04 Å². The molecule has 2 unspecified atom stereocenters. The van der Waals surface area contributed by atoms with E-state index in [1.54, 1.807) is 17.9 Å². The van der Waals surface area contributed by atoms with Crippen molar-refractivity contribution in [3.63, 3.8) is 0 Å². The van der Waals surface area contributed by atoms with E-state index < -0.39 is 6.10 Å². The molecule has 2 rings (SSSR count). The summed E-state index contributed by atoms with van der Waals surface area (Å²) in [5.74, 6) is -0.319. The molecule has 1 N–H and O–H groups in total. The predicted molar refractivity (Wildman–Crippen MR) is 74.8 cm³/mol. The van der Waals surface area contributed by atoms with Crippen LogP contribution in [-0.2, 0) is 9.53 Å². The van der Waals surface area contributed by atoms with Crippen molar-refractivity contribution in [2.24, 2.45) is 0 Å². The molecule has 4 nitrogen and oxygen atoms in total. The molecule has 5 heteroatoms. The van der Waals surface area contributed by atoms with Crippen LogP contribution in [0.5, 0.6) is 0 Å². The lowest BCUT2D eigenvalue weighted by Crippen LogP contribution is -2.51. The first-order valence-corrected chi connectivity index (χ1v) is 7.01. The Morgan fingerprint density at radius 1 is 1.60 bits per heavy atom. The molecular formula is C15H21FN2O2. The Kier molecular flexibility index (Phi) is 5.09. The summed E-state index contributed by atoms with van der Waals surface area (Å²) in [6, 6.07) is 6.29. The topological polar surface area (TPSA) is 41.6 Å². The third-order valence-corrected chi connectivity index (χ3v) is 3.52. The molecule has 1 aliphatic heterocycles. The van der Waals surface area contributed by atoms with Gasteiger partial charge < -0.3 is 15.0 Å². The van der Waals surface area contributed by atoms with Gasteiger partial charge in [-0.2, -0.15) is 0 Å². The Hall–Kier alpha value is -1.46. The van der Waals surface area contributed by atoms with Crippen LogP contribution in [-0.4, -0.2) is 43.2 Å². The summed E-state index contributed by atoms with van der Waals surface area (Å²) in [6.07, 6.45) is -0.464. The lowest BCUT2D eigenvalue weighted by Gasteiger charge is -2.37. The maximum atomic E-state index is 13.4. The van der Waals surface area contributed by atoms with E-state index in [0.717, 1.165) is 12.1 Å². The van der Waals surface area contributed by atoms with Crippen molar-refractivity contribution in [2.75, 3.05) is 26.2 Å². The van der Waals surface area contributed by atoms with Crippen LogP contribution in [0, 0.1) is 5.82 Å². The molecule has 110 valence electrons. The summed E-state index contributed by atoms with van der Waals surface area (Å²) in [4.78, 5) is 14.2. The summed E-state index contributed by atoms with van der Waals surface area (Å²) < 4.78 is 18.8. The smallest absolute Gasteiger partial charge is 0.252 e. The lowest BCUT2D eigenvalue weighted by molar-refractivity contribution is -0.145. The zero-order valence-electron chi connectivity index (χ0n) is 11.9. The third-order valence-electron chi connectivity index (χ3n) is 3.52. The van der Waals surface area contributed by atoms with E-state index in [-0.39, 0.29) is 17.8 Å². The molecule has 1 heterocycles. The maximum absolute atomic E-state index is 13.4. The van der Waals surface area contributed by atoms with Gasteiger partial charge in [-0.1, -0.05) is 12.1 Å². The van der Waals surface area contributed by atoms with E-state index >= 15 is 0 Å². The molecule has 1 aromatic rings. The van der Waals surface area contributed by atoms with E-state index in [2.05, 4.69) is 5.32 Å². The number of halogens is 1. The van der Waals surface area contributed by atoms with Crippen LogP contribution >= 0.6 is 0 Å². The number of hydrogen-bond donors (Lipinski definition) is 1. The van der Waals surface area contributed by atoms with Crippen LogP contribution in [0.1, 0.15) is 25.5 Å². The summed E-state index contributed by atoms with van der Waals surface area (Å²) >= 11 is 0. The van der Waals surface area contributed by atoms with Crippen LogP contribution in [0.2, 0.25) is 0 Å². The molecule has 1 saturated heterocycles. The second-order valence-corrected chi connectivity index (χ2v) is 4.90. The van der Waals surface area contributed by atoms with Crippen LogP contribution < -0.4 is 5.32 Å². The van der Waals surface area contributed by atoms with E-state index in [4.69, 9.17) is 4.74 Å². The van der Waals surface area contributed by atoms with Gasteiger partial charge in [-0.05, 0) is 31.5 Å². The van der Waals surface area contributed by atoms with Gasteiger partial charge in [0.25, 0.3) is 5.91 Å². The monoisotopic (exact) mass is 280 g/mol. The molecule has 0 bridgehead atoms.